The topological polar surface area (TPSA) is 43.6 Å². The second-order valence-electron chi connectivity index (χ2n) is 14.8. The Morgan fingerprint density at radius 2 is 1.00 bits per heavy atom. The predicted molar refractivity (Wildman–Crippen MR) is 223 cm³/mol. The van der Waals surface area contributed by atoms with E-state index in [0.717, 1.165) is 33.2 Å². The molecule has 2 aromatic heterocycles. The maximum atomic E-state index is 5.19. The molecular weight excluding hydrogens is 657 g/mol. The summed E-state index contributed by atoms with van der Waals surface area (Å²) in [5, 5.41) is 7.18. The first-order valence-electron chi connectivity index (χ1n) is 18.5. The van der Waals surface area contributed by atoms with Crippen molar-refractivity contribution >= 4 is 43.4 Å². The zero-order valence-corrected chi connectivity index (χ0v) is 30.0. The lowest BCUT2D eigenvalue weighted by Gasteiger charge is -2.21. The van der Waals surface area contributed by atoms with E-state index in [2.05, 4.69) is 170 Å². The van der Waals surface area contributed by atoms with Crippen LogP contribution in [0.25, 0.3) is 94.3 Å². The van der Waals surface area contributed by atoms with E-state index in [4.69, 9.17) is 15.0 Å². The first kappa shape index (κ1) is 30.7. The van der Waals surface area contributed by atoms with Gasteiger partial charge in [-0.1, -0.05) is 135 Å². The molecule has 11 rings (SSSR count). The van der Waals surface area contributed by atoms with Gasteiger partial charge in [-0.3, -0.25) is 0 Å². The summed E-state index contributed by atoms with van der Waals surface area (Å²) in [6, 6.07) is 60.6. The van der Waals surface area contributed by atoms with Crippen molar-refractivity contribution < 1.29 is 0 Å². The zero-order chi connectivity index (χ0) is 36.0. The molecule has 54 heavy (non-hydrogen) atoms. The van der Waals surface area contributed by atoms with Gasteiger partial charge in [0.1, 0.15) is 0 Å². The average molecular weight is 691 g/mol. The van der Waals surface area contributed by atoms with Gasteiger partial charge in [-0.05, 0) is 92.3 Å². The Morgan fingerprint density at radius 1 is 0.389 bits per heavy atom. The number of hydrogen-bond acceptors (Lipinski definition) is 3. The van der Waals surface area contributed by atoms with Gasteiger partial charge in [0.15, 0.2) is 17.5 Å². The summed E-state index contributed by atoms with van der Waals surface area (Å²) in [6.45, 7) is 4.69. The van der Waals surface area contributed by atoms with Crippen molar-refractivity contribution in [3.05, 3.63) is 181 Å². The molecule has 0 amide bonds. The summed E-state index contributed by atoms with van der Waals surface area (Å²) in [7, 11) is 0. The van der Waals surface area contributed by atoms with Crippen LogP contribution in [0.15, 0.2) is 170 Å². The van der Waals surface area contributed by atoms with E-state index in [0.29, 0.717) is 17.5 Å². The van der Waals surface area contributed by atoms with Gasteiger partial charge in [-0.2, -0.15) is 0 Å². The van der Waals surface area contributed by atoms with E-state index in [1.54, 1.807) is 0 Å². The molecule has 0 aliphatic heterocycles. The third-order valence-corrected chi connectivity index (χ3v) is 11.4. The van der Waals surface area contributed by atoms with Crippen LogP contribution in [0.5, 0.6) is 0 Å². The molecule has 8 aromatic carbocycles. The lowest BCUT2D eigenvalue weighted by molar-refractivity contribution is 0.661. The monoisotopic (exact) mass is 690 g/mol. The fourth-order valence-corrected chi connectivity index (χ4v) is 8.78. The largest absolute Gasteiger partial charge is 0.309 e. The van der Waals surface area contributed by atoms with E-state index in [1.807, 2.05) is 18.2 Å². The highest BCUT2D eigenvalue weighted by Gasteiger charge is 2.36. The van der Waals surface area contributed by atoms with E-state index in [9.17, 15) is 0 Å². The molecule has 0 saturated carbocycles. The molecule has 0 saturated heterocycles. The summed E-state index contributed by atoms with van der Waals surface area (Å²) < 4.78 is 2.41. The van der Waals surface area contributed by atoms with Crippen LogP contribution in [0, 0.1) is 0 Å². The van der Waals surface area contributed by atoms with Crippen LogP contribution in [-0.4, -0.2) is 19.5 Å². The van der Waals surface area contributed by atoms with Crippen LogP contribution < -0.4 is 0 Å². The normalized spacial score (nSPS) is 13.1. The predicted octanol–water partition coefficient (Wildman–Crippen LogP) is 12.6. The van der Waals surface area contributed by atoms with E-state index in [-0.39, 0.29) is 5.41 Å². The number of hydrogen-bond donors (Lipinski definition) is 0. The highest BCUT2D eigenvalue weighted by atomic mass is 15.0. The minimum absolute atomic E-state index is 0.0888. The average Bonchev–Trinajstić information content (AvgIpc) is 3.67. The maximum absolute atomic E-state index is 5.19. The van der Waals surface area contributed by atoms with Crippen LogP contribution in [0.3, 0.4) is 0 Å². The fourth-order valence-electron chi connectivity index (χ4n) is 8.78. The Bertz CT molecular complexity index is 3120. The van der Waals surface area contributed by atoms with Gasteiger partial charge in [0, 0.05) is 38.6 Å². The highest BCUT2D eigenvalue weighted by Crippen LogP contribution is 2.51. The van der Waals surface area contributed by atoms with E-state index < -0.39 is 0 Å². The van der Waals surface area contributed by atoms with Crippen molar-refractivity contribution in [2.24, 2.45) is 0 Å². The quantitative estimate of drug-likeness (QED) is 0.173. The summed E-state index contributed by atoms with van der Waals surface area (Å²) in [5.74, 6) is 1.95. The molecule has 254 valence electrons. The second kappa shape index (κ2) is 11.5. The lowest BCUT2D eigenvalue weighted by Crippen LogP contribution is -2.14. The Balaban J connectivity index is 1.09. The van der Waals surface area contributed by atoms with Crippen molar-refractivity contribution in [1.29, 1.82) is 0 Å². The highest BCUT2D eigenvalue weighted by molar-refractivity contribution is 6.14. The lowest BCUT2D eigenvalue weighted by atomic mass is 9.82. The molecule has 4 heteroatoms. The van der Waals surface area contributed by atoms with Crippen molar-refractivity contribution in [3.63, 3.8) is 0 Å². The zero-order valence-electron chi connectivity index (χ0n) is 30.0. The Morgan fingerprint density at radius 3 is 1.80 bits per heavy atom. The standard InChI is InChI=1S/C50H34N4/c1-50(2)43-22-12-10-20-38(43)40-29-41-39-21-11-13-23-45(39)54(46(41)30-44(40)50)34-26-24-32(25-27-34)48-51-47(31-14-4-3-5-15-31)52-49(53-48)42-28-33-16-6-7-17-35(33)36-18-8-9-19-37(36)42/h3-30H,1-2H3. The van der Waals surface area contributed by atoms with Crippen LogP contribution >= 0.6 is 0 Å². The van der Waals surface area contributed by atoms with Crippen LogP contribution in [0.1, 0.15) is 25.0 Å². The minimum atomic E-state index is -0.0888. The number of benzene rings is 8. The van der Waals surface area contributed by atoms with Crippen molar-refractivity contribution in [1.82, 2.24) is 19.5 Å². The van der Waals surface area contributed by atoms with Crippen molar-refractivity contribution in [2.45, 2.75) is 19.3 Å². The van der Waals surface area contributed by atoms with Crippen LogP contribution in [-0.2, 0) is 5.41 Å². The second-order valence-corrected chi connectivity index (χ2v) is 14.8. The Hall–Kier alpha value is -6.91. The maximum Gasteiger partial charge on any atom is 0.164 e. The fraction of sp³-hybridized carbons (Fsp3) is 0.0600. The summed E-state index contributed by atoms with van der Waals surface area (Å²) >= 11 is 0. The first-order chi connectivity index (χ1) is 26.5. The van der Waals surface area contributed by atoms with E-state index in [1.165, 1.54) is 54.8 Å². The van der Waals surface area contributed by atoms with Gasteiger partial charge in [0.25, 0.3) is 0 Å². The number of rotatable bonds is 4. The van der Waals surface area contributed by atoms with Crippen LogP contribution in [0.4, 0.5) is 0 Å². The minimum Gasteiger partial charge on any atom is -0.309 e. The molecule has 0 radical (unpaired) electrons. The van der Waals surface area contributed by atoms with Crippen LogP contribution in [0.2, 0.25) is 0 Å². The number of para-hydroxylation sites is 1. The molecule has 1 aliphatic rings. The van der Waals surface area contributed by atoms with Crippen molar-refractivity contribution in [2.75, 3.05) is 0 Å². The summed E-state index contributed by atoms with van der Waals surface area (Å²) in [5.41, 5.74) is 11.7. The third-order valence-electron chi connectivity index (χ3n) is 11.4. The van der Waals surface area contributed by atoms with Gasteiger partial charge in [0.05, 0.1) is 11.0 Å². The SMILES string of the molecule is CC1(C)c2ccccc2-c2cc3c4ccccc4n(-c4ccc(-c5nc(-c6ccccc6)nc(-c6cc7ccccc7c7ccccc67)n5)cc4)c3cc21. The molecule has 2 heterocycles. The van der Waals surface area contributed by atoms with E-state index >= 15 is 0 Å². The molecule has 10 aromatic rings. The molecular formula is C50H34N4. The van der Waals surface area contributed by atoms with Crippen molar-refractivity contribution in [3.8, 4) is 51.0 Å². The smallest absolute Gasteiger partial charge is 0.164 e. The molecule has 0 bridgehead atoms. The van der Waals surface area contributed by atoms with Gasteiger partial charge >= 0.3 is 0 Å². The molecule has 0 atom stereocenters. The van der Waals surface area contributed by atoms with Gasteiger partial charge in [0.2, 0.25) is 0 Å². The van der Waals surface area contributed by atoms with Gasteiger partial charge < -0.3 is 4.57 Å². The van der Waals surface area contributed by atoms with Gasteiger partial charge in [-0.15, -0.1) is 0 Å². The Labute approximate surface area is 313 Å². The summed E-state index contributed by atoms with van der Waals surface area (Å²) in [4.78, 5) is 15.4. The number of fused-ring (bicyclic) bond motifs is 9. The molecule has 0 unspecified atom stereocenters. The first-order valence-corrected chi connectivity index (χ1v) is 18.5. The number of nitrogens with zero attached hydrogens (tertiary/aromatic N) is 4. The number of aromatic nitrogens is 4. The molecule has 0 fully saturated rings. The third kappa shape index (κ3) is 4.53. The summed E-state index contributed by atoms with van der Waals surface area (Å²) in [6.07, 6.45) is 0. The molecule has 0 spiro atoms. The Kier molecular flexibility index (Phi) is 6.56. The molecule has 4 nitrogen and oxygen atoms in total. The van der Waals surface area contributed by atoms with Gasteiger partial charge in [-0.25, -0.2) is 15.0 Å². The molecule has 1 aliphatic carbocycles. The molecule has 0 N–H and O–H groups in total.